The van der Waals surface area contributed by atoms with Crippen LogP contribution in [0.25, 0.3) is 0 Å². The molecule has 0 radical (unpaired) electrons. The van der Waals surface area contributed by atoms with Gasteiger partial charge in [-0.25, -0.2) is 0 Å². The largest absolute Gasteiger partial charge is 0.183 e. The Labute approximate surface area is 45.8 Å². The van der Waals surface area contributed by atoms with E-state index in [9.17, 15) is 0 Å². The van der Waals surface area contributed by atoms with Crippen LogP contribution in [0.2, 0.25) is 0 Å². The Hall–Kier alpha value is 1.00. The second-order valence-electron chi connectivity index (χ2n) is 1.08. The summed E-state index contributed by atoms with van der Waals surface area (Å²) in [5.41, 5.74) is 0. The van der Waals surface area contributed by atoms with Gasteiger partial charge in [0.05, 0.1) is 0 Å². The van der Waals surface area contributed by atoms with E-state index in [0.29, 0.717) is 17.6 Å². The molecule has 0 nitrogen and oxygen atoms in total. The Morgan fingerprint density at radius 3 is 2.40 bits per heavy atom. The van der Waals surface area contributed by atoms with Gasteiger partial charge < -0.3 is 0 Å². The van der Waals surface area contributed by atoms with Crippen molar-refractivity contribution in [1.29, 1.82) is 0 Å². The van der Waals surface area contributed by atoms with Crippen LogP contribution < -0.4 is 0 Å². The van der Waals surface area contributed by atoms with E-state index in [2.05, 4.69) is 12.6 Å². The first-order valence-electron chi connectivity index (χ1n) is 2.02. The summed E-state index contributed by atoms with van der Waals surface area (Å²) in [5, 5.41) is 1.27. The van der Waals surface area contributed by atoms with Crippen LogP contribution in [0.5, 0.6) is 0 Å². The highest BCUT2D eigenvalue weighted by atomic mass is 32.1. The van der Waals surface area contributed by atoms with E-state index in [4.69, 9.17) is 0 Å². The molecule has 0 saturated heterocycles. The summed E-state index contributed by atoms with van der Waals surface area (Å²) in [6, 6.07) is 0. The van der Waals surface area contributed by atoms with Crippen molar-refractivity contribution >= 4 is 40.0 Å². The number of hydrogen-bond donors (Lipinski definition) is 1. The highest BCUT2D eigenvalue weighted by molar-refractivity contribution is 7.82. The molecule has 4 heteroatoms. The van der Waals surface area contributed by atoms with Crippen LogP contribution in [0.15, 0.2) is 0 Å². The minimum absolute atomic E-state index is 0.497. The van der Waals surface area contributed by atoms with Crippen LogP contribution >= 0.6 is 12.6 Å². The maximum absolute atomic E-state index is 4.12. The summed E-state index contributed by atoms with van der Waals surface area (Å²) in [4.78, 5) is 0. The van der Waals surface area contributed by atoms with Gasteiger partial charge >= 0.3 is 0 Å². The second kappa shape index (κ2) is 5.00. The third-order valence-corrected chi connectivity index (χ3v) is 13.8. The van der Waals surface area contributed by atoms with Gasteiger partial charge in [-0.3, -0.25) is 0 Å². The number of rotatable bonds is 2. The van der Waals surface area contributed by atoms with E-state index >= 15 is 0 Å². The van der Waals surface area contributed by atoms with Crippen molar-refractivity contribution in [3.8, 4) is 0 Å². The summed E-state index contributed by atoms with van der Waals surface area (Å²) in [6.07, 6.45) is 0. The summed E-state index contributed by atoms with van der Waals surface area (Å²) >= 11 is 4.12. The van der Waals surface area contributed by atoms with Gasteiger partial charge in [0.15, 0.2) is 0 Å². The summed E-state index contributed by atoms with van der Waals surface area (Å²) in [5.74, 6) is 0. The fraction of sp³-hybridized carbons (Fsp3) is 1.00. The fourth-order valence-corrected chi connectivity index (χ4v) is 12.8. The van der Waals surface area contributed by atoms with Gasteiger partial charge in [-0.2, -0.15) is 12.6 Å². The zero-order valence-electron chi connectivity index (χ0n) is 3.57. The van der Waals surface area contributed by atoms with Crippen LogP contribution in [0.4, 0.5) is 0 Å². The van der Waals surface area contributed by atoms with Gasteiger partial charge in [-0.1, -0.05) is 0 Å². The molecule has 0 aliphatic heterocycles. The molecule has 0 aliphatic rings. The molecule has 0 unspecified atom stereocenters. The van der Waals surface area contributed by atoms with E-state index in [1.54, 1.807) is 9.76 Å². The van der Waals surface area contributed by atoms with Crippen molar-refractivity contribution in [2.75, 3.05) is 5.38 Å². The van der Waals surface area contributed by atoms with Gasteiger partial charge in [0, 0.05) is 9.04 Å². The fourth-order valence-electron chi connectivity index (χ4n) is 0.158. The monoisotopic (exact) mass is 138 g/mol. The molecule has 0 aromatic rings. The third kappa shape index (κ3) is 5.00. The van der Waals surface area contributed by atoms with Crippen molar-refractivity contribution in [3.05, 3.63) is 0 Å². The minimum atomic E-state index is 0.497. The Morgan fingerprint density at radius 1 is 1.80 bits per heavy atom. The van der Waals surface area contributed by atoms with Gasteiger partial charge in [-0.05, 0) is 23.7 Å². The lowest BCUT2D eigenvalue weighted by Crippen LogP contribution is -2.03. The third-order valence-electron chi connectivity index (χ3n) is 0.512. The van der Waals surface area contributed by atoms with Crippen LogP contribution in [0, 0.1) is 0 Å². The van der Waals surface area contributed by atoms with E-state index in [0.717, 1.165) is 0 Å². The van der Waals surface area contributed by atoms with Gasteiger partial charge in [-0.15, -0.1) is 0 Å². The van der Waals surface area contributed by atoms with E-state index < -0.39 is 0 Å². The standard InChI is InChI=1S/CH10SSi3/c2-1-4-5-3/h2H,1,4-5H2,3H3. The molecule has 0 rings (SSSR count). The molecule has 0 aromatic heterocycles. The summed E-state index contributed by atoms with van der Waals surface area (Å²) in [6.45, 7) is 0. The Morgan fingerprint density at radius 2 is 2.40 bits per heavy atom. The molecule has 5 heavy (non-hydrogen) atoms. The normalized spacial score (nSPS) is 13.8. The Bertz CT molecular complexity index is 14.4. The van der Waals surface area contributed by atoms with E-state index in [-0.39, 0.29) is 0 Å². The topological polar surface area (TPSA) is 0 Å². The predicted octanol–water partition coefficient (Wildman–Crippen LogP) is -2.59. The van der Waals surface area contributed by atoms with Crippen molar-refractivity contribution in [3.63, 3.8) is 0 Å². The first-order valence-corrected chi connectivity index (χ1v) is 13.3. The van der Waals surface area contributed by atoms with Crippen molar-refractivity contribution < 1.29 is 0 Å². The van der Waals surface area contributed by atoms with Crippen molar-refractivity contribution in [2.45, 2.75) is 0 Å². The molecule has 0 aromatic carbocycles. The molecule has 0 N–H and O–H groups in total. The van der Waals surface area contributed by atoms with Gasteiger partial charge in [0.2, 0.25) is 0 Å². The molecule has 0 heterocycles. The van der Waals surface area contributed by atoms with Gasteiger partial charge in [0.1, 0.15) is 0 Å². The lowest BCUT2D eigenvalue weighted by molar-refractivity contribution is 2.25. The summed E-state index contributed by atoms with van der Waals surface area (Å²) in [7, 11) is 2.66. The lowest BCUT2D eigenvalue weighted by Gasteiger charge is -1.75. The molecule has 0 amide bonds. The van der Waals surface area contributed by atoms with Gasteiger partial charge in [0.25, 0.3) is 0 Å². The first kappa shape index (κ1) is 6.00. The number of hydrogen-bond acceptors (Lipinski definition) is 1. The van der Waals surface area contributed by atoms with E-state index in [1.165, 1.54) is 5.38 Å². The molecule has 0 saturated carbocycles. The van der Waals surface area contributed by atoms with Crippen molar-refractivity contribution in [1.82, 2.24) is 0 Å². The zero-order chi connectivity index (χ0) is 4.12. The van der Waals surface area contributed by atoms with Crippen molar-refractivity contribution in [2.24, 2.45) is 0 Å². The molecular formula is CH10SSi3. The Kier molecular flexibility index (Phi) is 6.00. The van der Waals surface area contributed by atoms with Crippen LogP contribution in [0.1, 0.15) is 0 Å². The zero-order valence-corrected chi connectivity index (χ0v) is 9.29. The van der Waals surface area contributed by atoms with Crippen LogP contribution in [-0.2, 0) is 0 Å². The smallest absolute Gasteiger partial charge is 0.0165 e. The average Bonchev–Trinajstić information content (AvgIpc) is 1.41. The molecule has 0 spiro atoms. The molecule has 0 aliphatic carbocycles. The SMILES string of the molecule is [SiH3][SiH2][SiH2]CS. The quantitative estimate of drug-likeness (QED) is 0.314. The highest BCUT2D eigenvalue weighted by Gasteiger charge is 1.72. The van der Waals surface area contributed by atoms with E-state index in [1.807, 2.05) is 0 Å². The maximum atomic E-state index is 4.12. The van der Waals surface area contributed by atoms with Crippen LogP contribution in [-0.4, -0.2) is 32.7 Å². The second-order valence-corrected chi connectivity index (χ2v) is 18.7. The Balaban J connectivity index is 2.19. The molecule has 0 fully saturated rings. The maximum Gasteiger partial charge on any atom is 0.0165 e. The predicted molar refractivity (Wildman–Crippen MR) is 40.9 cm³/mol. The average molecular weight is 138 g/mol. The number of thiol groups is 1. The molecule has 0 bridgehead atoms. The first-order chi connectivity index (χ1) is 2.41. The van der Waals surface area contributed by atoms with Crippen LogP contribution in [0.3, 0.4) is 0 Å². The molecular weight excluding hydrogens is 128 g/mol. The minimum Gasteiger partial charge on any atom is -0.183 e. The molecule has 32 valence electrons. The lowest BCUT2D eigenvalue weighted by atomic mass is 11.9. The highest BCUT2D eigenvalue weighted by Crippen LogP contribution is 1.61. The summed E-state index contributed by atoms with van der Waals surface area (Å²) < 4.78 is 0. The molecule has 0 atom stereocenters.